The number of carbonyl (C=O) groups excluding carboxylic acids is 1. The second-order valence-corrected chi connectivity index (χ2v) is 7.33. The Morgan fingerprint density at radius 2 is 1.84 bits per heavy atom. The fourth-order valence-corrected chi connectivity index (χ4v) is 3.41. The largest absolute Gasteiger partial charge is 0.487 e. The van der Waals surface area contributed by atoms with Crippen LogP contribution in [0.1, 0.15) is 21.6 Å². The molecule has 4 aromatic rings. The molecule has 3 heterocycles. The van der Waals surface area contributed by atoms with E-state index in [9.17, 15) is 4.79 Å². The smallest absolute Gasteiger partial charge is 0.255 e. The summed E-state index contributed by atoms with van der Waals surface area (Å²) in [7, 11) is 0. The van der Waals surface area contributed by atoms with Crippen molar-refractivity contribution in [3.8, 4) is 17.2 Å². The van der Waals surface area contributed by atoms with Crippen molar-refractivity contribution in [2.24, 2.45) is 0 Å². The Labute approximate surface area is 179 Å². The maximum atomic E-state index is 12.6. The topological polar surface area (TPSA) is 74.1 Å². The molecule has 1 amide bonds. The van der Waals surface area contributed by atoms with Crippen molar-refractivity contribution in [3.63, 3.8) is 0 Å². The number of ether oxygens (including phenoxy) is 3. The molecule has 0 saturated carbocycles. The van der Waals surface area contributed by atoms with Crippen molar-refractivity contribution in [1.29, 1.82) is 0 Å². The van der Waals surface area contributed by atoms with Gasteiger partial charge in [0.25, 0.3) is 5.91 Å². The zero-order valence-electron chi connectivity index (χ0n) is 17.0. The van der Waals surface area contributed by atoms with Gasteiger partial charge in [-0.15, -0.1) is 0 Å². The van der Waals surface area contributed by atoms with Gasteiger partial charge in [0.2, 0.25) is 0 Å². The number of carbonyl (C=O) groups is 1. The SMILES string of the molecule is Cc1ccc2nc(COc3ccc(C(=O)Nc4ccc5c(c4)OCCO5)cc3)cn2c1. The van der Waals surface area contributed by atoms with E-state index in [4.69, 9.17) is 14.2 Å². The number of pyridine rings is 1. The minimum Gasteiger partial charge on any atom is -0.487 e. The first kappa shape index (κ1) is 19.0. The second kappa shape index (κ2) is 8.02. The standard InChI is InChI=1S/C24H21N3O4/c1-16-2-9-23-25-19(14-27(23)13-16)15-31-20-6-3-17(4-7-20)24(28)26-18-5-8-21-22(12-18)30-11-10-29-21/h2-9,12-14H,10-11,15H2,1H3,(H,26,28). The molecule has 1 aliphatic rings. The van der Waals surface area contributed by atoms with Crippen molar-refractivity contribution in [1.82, 2.24) is 9.38 Å². The predicted octanol–water partition coefficient (Wildman–Crippen LogP) is 4.25. The van der Waals surface area contributed by atoms with Crippen LogP contribution in [0.15, 0.2) is 67.0 Å². The summed E-state index contributed by atoms with van der Waals surface area (Å²) < 4.78 is 18.9. The molecule has 2 aromatic carbocycles. The zero-order chi connectivity index (χ0) is 21.2. The molecule has 0 spiro atoms. The van der Waals surface area contributed by atoms with Gasteiger partial charge in [0, 0.05) is 29.7 Å². The van der Waals surface area contributed by atoms with Crippen LogP contribution in [0.3, 0.4) is 0 Å². The van der Waals surface area contributed by atoms with E-state index in [2.05, 4.69) is 10.3 Å². The van der Waals surface area contributed by atoms with Crippen LogP contribution in [0.5, 0.6) is 17.2 Å². The summed E-state index contributed by atoms with van der Waals surface area (Å²) in [5.74, 6) is 1.78. The van der Waals surface area contributed by atoms with E-state index >= 15 is 0 Å². The summed E-state index contributed by atoms with van der Waals surface area (Å²) in [5.41, 5.74) is 4.07. The predicted molar refractivity (Wildman–Crippen MR) is 116 cm³/mol. The van der Waals surface area contributed by atoms with Crippen LogP contribution < -0.4 is 19.5 Å². The average Bonchev–Trinajstić information content (AvgIpc) is 3.20. The van der Waals surface area contributed by atoms with Crippen molar-refractivity contribution in [2.45, 2.75) is 13.5 Å². The molecule has 1 aliphatic heterocycles. The highest BCUT2D eigenvalue weighted by Gasteiger charge is 2.13. The number of rotatable bonds is 5. The molecular weight excluding hydrogens is 394 g/mol. The lowest BCUT2D eigenvalue weighted by atomic mass is 10.2. The maximum absolute atomic E-state index is 12.6. The normalized spacial score (nSPS) is 12.5. The monoisotopic (exact) mass is 415 g/mol. The highest BCUT2D eigenvalue weighted by molar-refractivity contribution is 6.04. The highest BCUT2D eigenvalue weighted by atomic mass is 16.6. The number of amides is 1. The van der Waals surface area contributed by atoms with E-state index < -0.39 is 0 Å². The molecular formula is C24H21N3O4. The van der Waals surface area contributed by atoms with E-state index in [-0.39, 0.29) is 5.91 Å². The second-order valence-electron chi connectivity index (χ2n) is 7.33. The number of aromatic nitrogens is 2. The van der Waals surface area contributed by atoms with Gasteiger partial charge in [-0.2, -0.15) is 0 Å². The Balaban J connectivity index is 1.21. The van der Waals surface area contributed by atoms with Crippen LogP contribution in [0.4, 0.5) is 5.69 Å². The third kappa shape index (κ3) is 4.16. The number of benzene rings is 2. The summed E-state index contributed by atoms with van der Waals surface area (Å²) in [4.78, 5) is 17.1. The van der Waals surface area contributed by atoms with Crippen molar-refractivity contribution in [3.05, 3.63) is 83.8 Å². The van der Waals surface area contributed by atoms with E-state index in [0.29, 0.717) is 48.3 Å². The molecule has 5 rings (SSSR count). The number of fused-ring (bicyclic) bond motifs is 2. The summed E-state index contributed by atoms with van der Waals surface area (Å²) in [5, 5.41) is 2.88. The lowest BCUT2D eigenvalue weighted by Gasteiger charge is -2.19. The molecule has 0 unspecified atom stereocenters. The van der Waals surface area contributed by atoms with Gasteiger partial charge in [-0.3, -0.25) is 4.79 Å². The quantitative estimate of drug-likeness (QED) is 0.528. The van der Waals surface area contributed by atoms with E-state index in [1.807, 2.05) is 35.9 Å². The highest BCUT2D eigenvalue weighted by Crippen LogP contribution is 2.32. The molecule has 1 N–H and O–H groups in total. The van der Waals surface area contributed by atoms with Crippen LogP contribution in [-0.2, 0) is 6.61 Å². The number of aryl methyl sites for hydroxylation is 1. The van der Waals surface area contributed by atoms with Crippen molar-refractivity contribution < 1.29 is 19.0 Å². The Morgan fingerprint density at radius 3 is 2.68 bits per heavy atom. The summed E-state index contributed by atoms with van der Waals surface area (Å²) in [6, 6.07) is 16.4. The number of hydrogen-bond donors (Lipinski definition) is 1. The van der Waals surface area contributed by atoms with Gasteiger partial charge in [-0.05, 0) is 55.0 Å². The molecule has 0 fully saturated rings. The molecule has 156 valence electrons. The van der Waals surface area contributed by atoms with Gasteiger partial charge >= 0.3 is 0 Å². The Hall–Kier alpha value is -4.00. The zero-order valence-corrected chi connectivity index (χ0v) is 17.0. The van der Waals surface area contributed by atoms with Crippen LogP contribution in [0.2, 0.25) is 0 Å². The van der Waals surface area contributed by atoms with Crippen LogP contribution in [-0.4, -0.2) is 28.5 Å². The molecule has 0 atom stereocenters. The lowest BCUT2D eigenvalue weighted by molar-refractivity contribution is 0.102. The van der Waals surface area contributed by atoms with Gasteiger partial charge in [-0.25, -0.2) is 4.98 Å². The van der Waals surface area contributed by atoms with E-state index in [1.165, 1.54) is 5.56 Å². The number of nitrogens with one attached hydrogen (secondary N) is 1. The van der Waals surface area contributed by atoms with Crippen LogP contribution in [0.25, 0.3) is 5.65 Å². The van der Waals surface area contributed by atoms with Gasteiger partial charge < -0.3 is 23.9 Å². The molecule has 7 heteroatoms. The first-order valence-electron chi connectivity index (χ1n) is 10.0. The Kier molecular flexibility index (Phi) is 4.92. The van der Waals surface area contributed by atoms with Gasteiger partial charge in [0.15, 0.2) is 11.5 Å². The fraction of sp³-hybridized carbons (Fsp3) is 0.167. The Bertz CT molecular complexity index is 1250. The number of nitrogens with zero attached hydrogens (tertiary/aromatic N) is 2. The number of anilines is 1. The molecule has 0 bridgehead atoms. The van der Waals surface area contributed by atoms with E-state index in [0.717, 1.165) is 11.3 Å². The first-order chi connectivity index (χ1) is 15.1. The molecule has 31 heavy (non-hydrogen) atoms. The minimum atomic E-state index is -0.209. The number of hydrogen-bond acceptors (Lipinski definition) is 5. The maximum Gasteiger partial charge on any atom is 0.255 e. The van der Waals surface area contributed by atoms with Gasteiger partial charge in [0.1, 0.15) is 31.2 Å². The molecule has 0 radical (unpaired) electrons. The third-order valence-electron chi connectivity index (χ3n) is 4.95. The lowest BCUT2D eigenvalue weighted by Crippen LogP contribution is -2.16. The fourth-order valence-electron chi connectivity index (χ4n) is 3.41. The van der Waals surface area contributed by atoms with Crippen LogP contribution in [0, 0.1) is 6.92 Å². The Morgan fingerprint density at radius 1 is 1.03 bits per heavy atom. The average molecular weight is 415 g/mol. The first-order valence-corrected chi connectivity index (χ1v) is 10.0. The van der Waals surface area contributed by atoms with Gasteiger partial charge in [0.05, 0.1) is 5.69 Å². The summed E-state index contributed by atoms with van der Waals surface area (Å²) in [6.07, 6.45) is 3.98. The summed E-state index contributed by atoms with van der Waals surface area (Å²) >= 11 is 0. The number of imidazole rings is 1. The molecule has 0 saturated heterocycles. The van der Waals surface area contributed by atoms with E-state index in [1.54, 1.807) is 42.5 Å². The molecule has 7 nitrogen and oxygen atoms in total. The van der Waals surface area contributed by atoms with Crippen LogP contribution >= 0.6 is 0 Å². The minimum absolute atomic E-state index is 0.209. The molecule has 2 aromatic heterocycles. The van der Waals surface area contributed by atoms with Gasteiger partial charge in [-0.1, -0.05) is 6.07 Å². The molecule has 0 aliphatic carbocycles. The van der Waals surface area contributed by atoms with Crippen molar-refractivity contribution in [2.75, 3.05) is 18.5 Å². The third-order valence-corrected chi connectivity index (χ3v) is 4.95. The van der Waals surface area contributed by atoms with Crippen molar-refractivity contribution >= 4 is 17.2 Å². The summed E-state index contributed by atoms with van der Waals surface area (Å²) in [6.45, 7) is 3.43.